The lowest BCUT2D eigenvalue weighted by Crippen LogP contribution is -2.05. The van der Waals surface area contributed by atoms with Crippen LogP contribution in [0.4, 0.5) is 0 Å². The van der Waals surface area contributed by atoms with Crippen molar-refractivity contribution in [2.24, 2.45) is 5.92 Å². The van der Waals surface area contributed by atoms with Crippen LogP contribution in [0.1, 0.15) is 25.0 Å². The highest BCUT2D eigenvalue weighted by atomic mass is 16.5. The second-order valence-electron chi connectivity index (χ2n) is 7.22. The maximum atomic E-state index is 9.18. The highest BCUT2D eigenvalue weighted by Gasteiger charge is 2.20. The Kier molecular flexibility index (Phi) is 4.21. The molecule has 5 rings (SSSR count). The number of rotatable bonds is 3. The van der Waals surface area contributed by atoms with Crippen molar-refractivity contribution < 1.29 is 4.74 Å². The molecule has 0 bridgehead atoms. The van der Waals surface area contributed by atoms with Crippen molar-refractivity contribution in [2.45, 2.75) is 19.3 Å². The molecule has 3 heterocycles. The van der Waals surface area contributed by atoms with Gasteiger partial charge in [0.15, 0.2) is 0 Å². The minimum Gasteiger partial charge on any atom is -0.481 e. The SMILES string of the molecule is COc1ccc2cc(-c3cnn4ccnc(C5=CCC(C#N)CC5)c34)ccc2n1. The highest BCUT2D eigenvalue weighted by Crippen LogP contribution is 2.35. The second-order valence-corrected chi connectivity index (χ2v) is 7.22. The van der Waals surface area contributed by atoms with Crippen LogP contribution in [0.3, 0.4) is 0 Å². The fraction of sp³-hybridized carbons (Fsp3) is 0.217. The van der Waals surface area contributed by atoms with E-state index < -0.39 is 0 Å². The molecule has 1 aromatic carbocycles. The number of nitriles is 1. The lowest BCUT2D eigenvalue weighted by atomic mass is 9.88. The summed E-state index contributed by atoms with van der Waals surface area (Å²) in [7, 11) is 1.62. The molecule has 1 aliphatic carbocycles. The quantitative estimate of drug-likeness (QED) is 0.516. The van der Waals surface area contributed by atoms with Crippen LogP contribution in [0.5, 0.6) is 5.88 Å². The molecule has 0 saturated carbocycles. The third-order valence-electron chi connectivity index (χ3n) is 5.51. The Labute approximate surface area is 168 Å². The number of benzene rings is 1. The van der Waals surface area contributed by atoms with Crippen molar-refractivity contribution in [1.29, 1.82) is 5.26 Å². The van der Waals surface area contributed by atoms with Gasteiger partial charge in [-0.25, -0.2) is 9.50 Å². The Morgan fingerprint density at radius 1 is 1.24 bits per heavy atom. The largest absolute Gasteiger partial charge is 0.481 e. The van der Waals surface area contributed by atoms with Gasteiger partial charge in [0.25, 0.3) is 0 Å². The summed E-state index contributed by atoms with van der Waals surface area (Å²) in [5.74, 6) is 0.709. The molecule has 1 aliphatic rings. The van der Waals surface area contributed by atoms with Crippen molar-refractivity contribution in [3.63, 3.8) is 0 Å². The zero-order chi connectivity index (χ0) is 19.8. The first-order chi connectivity index (χ1) is 14.3. The molecule has 4 aromatic rings. The summed E-state index contributed by atoms with van der Waals surface area (Å²) in [5, 5.41) is 14.8. The number of ether oxygens (including phenoxy) is 1. The fourth-order valence-corrected chi connectivity index (χ4v) is 3.94. The van der Waals surface area contributed by atoms with E-state index >= 15 is 0 Å². The molecule has 6 nitrogen and oxygen atoms in total. The summed E-state index contributed by atoms with van der Waals surface area (Å²) in [4.78, 5) is 9.18. The van der Waals surface area contributed by atoms with Gasteiger partial charge in [-0.05, 0) is 48.6 Å². The van der Waals surface area contributed by atoms with Crippen molar-refractivity contribution >= 4 is 22.0 Å². The van der Waals surface area contributed by atoms with E-state index in [9.17, 15) is 5.26 Å². The molecule has 0 spiro atoms. The number of fused-ring (bicyclic) bond motifs is 2. The smallest absolute Gasteiger partial charge is 0.213 e. The highest BCUT2D eigenvalue weighted by molar-refractivity contribution is 5.92. The summed E-state index contributed by atoms with van der Waals surface area (Å²) < 4.78 is 7.10. The number of hydrogen-bond acceptors (Lipinski definition) is 5. The van der Waals surface area contributed by atoms with Crippen molar-refractivity contribution in [3.05, 3.63) is 60.7 Å². The molecule has 0 aliphatic heterocycles. The minimum atomic E-state index is 0.104. The molecular weight excluding hydrogens is 362 g/mol. The van der Waals surface area contributed by atoms with Gasteiger partial charge in [0.05, 0.1) is 42.0 Å². The number of nitrogens with zero attached hydrogens (tertiary/aromatic N) is 5. The molecule has 0 amide bonds. The average molecular weight is 381 g/mol. The Morgan fingerprint density at radius 2 is 2.17 bits per heavy atom. The van der Waals surface area contributed by atoms with Crippen molar-refractivity contribution in [2.75, 3.05) is 7.11 Å². The zero-order valence-electron chi connectivity index (χ0n) is 16.0. The third-order valence-corrected chi connectivity index (χ3v) is 5.51. The second kappa shape index (κ2) is 7.02. The lowest BCUT2D eigenvalue weighted by Gasteiger charge is -2.17. The summed E-state index contributed by atoms with van der Waals surface area (Å²) >= 11 is 0. The van der Waals surface area contributed by atoms with Gasteiger partial charge in [0.2, 0.25) is 5.88 Å². The molecule has 0 fully saturated rings. The van der Waals surface area contributed by atoms with Gasteiger partial charge in [-0.2, -0.15) is 10.4 Å². The first-order valence-corrected chi connectivity index (χ1v) is 9.63. The van der Waals surface area contributed by atoms with Crippen LogP contribution in [-0.2, 0) is 0 Å². The molecule has 0 N–H and O–H groups in total. The summed E-state index contributed by atoms with van der Waals surface area (Å²) in [6.45, 7) is 0. The zero-order valence-corrected chi connectivity index (χ0v) is 16.0. The Morgan fingerprint density at radius 3 is 2.97 bits per heavy atom. The van der Waals surface area contributed by atoms with Crippen LogP contribution in [0.25, 0.3) is 33.1 Å². The van der Waals surface area contributed by atoms with E-state index in [0.29, 0.717) is 5.88 Å². The first kappa shape index (κ1) is 17.4. The predicted octanol–water partition coefficient (Wildman–Crippen LogP) is 4.66. The molecule has 0 radical (unpaired) electrons. The number of pyridine rings is 1. The molecule has 1 atom stereocenters. The molecule has 1 unspecified atom stereocenters. The maximum Gasteiger partial charge on any atom is 0.213 e. The Hall–Kier alpha value is -3.72. The number of allylic oxidation sites excluding steroid dienone is 2. The lowest BCUT2D eigenvalue weighted by molar-refractivity contribution is 0.399. The maximum absolute atomic E-state index is 9.18. The third kappa shape index (κ3) is 3.01. The van der Waals surface area contributed by atoms with Crippen LogP contribution in [0.15, 0.2) is 55.0 Å². The van der Waals surface area contributed by atoms with Gasteiger partial charge < -0.3 is 4.74 Å². The number of methoxy groups -OCH3 is 1. The van der Waals surface area contributed by atoms with Crippen LogP contribution < -0.4 is 4.74 Å². The molecule has 6 heteroatoms. The van der Waals surface area contributed by atoms with E-state index in [1.54, 1.807) is 13.3 Å². The Balaban J connectivity index is 1.64. The van der Waals surface area contributed by atoms with E-state index in [-0.39, 0.29) is 5.92 Å². The summed E-state index contributed by atoms with van der Waals surface area (Å²) in [6, 6.07) is 12.4. The predicted molar refractivity (Wildman–Crippen MR) is 111 cm³/mol. The van der Waals surface area contributed by atoms with Crippen LogP contribution in [0, 0.1) is 17.2 Å². The van der Waals surface area contributed by atoms with E-state index in [1.165, 1.54) is 5.57 Å². The monoisotopic (exact) mass is 381 g/mol. The van der Waals surface area contributed by atoms with Gasteiger partial charge in [0.1, 0.15) is 0 Å². The fourth-order valence-electron chi connectivity index (χ4n) is 3.94. The van der Waals surface area contributed by atoms with E-state index in [2.05, 4.69) is 39.3 Å². The summed E-state index contributed by atoms with van der Waals surface area (Å²) in [5.41, 5.74) is 6.13. The molecular formula is C23H19N5O. The normalized spacial score (nSPS) is 16.6. The average Bonchev–Trinajstić information content (AvgIpc) is 3.23. The minimum absolute atomic E-state index is 0.104. The van der Waals surface area contributed by atoms with Crippen LogP contribution >= 0.6 is 0 Å². The molecule has 29 heavy (non-hydrogen) atoms. The molecule has 3 aromatic heterocycles. The Bertz CT molecular complexity index is 1300. The first-order valence-electron chi connectivity index (χ1n) is 9.63. The van der Waals surface area contributed by atoms with Gasteiger partial charge in [-0.1, -0.05) is 12.1 Å². The van der Waals surface area contributed by atoms with Gasteiger partial charge in [-0.15, -0.1) is 0 Å². The van der Waals surface area contributed by atoms with Gasteiger partial charge >= 0.3 is 0 Å². The van der Waals surface area contributed by atoms with E-state index in [1.807, 2.05) is 35.1 Å². The van der Waals surface area contributed by atoms with Crippen LogP contribution in [0.2, 0.25) is 0 Å². The van der Waals surface area contributed by atoms with E-state index in [0.717, 1.165) is 52.5 Å². The summed E-state index contributed by atoms with van der Waals surface area (Å²) in [6.07, 6.45) is 10.2. The molecule has 0 saturated heterocycles. The van der Waals surface area contributed by atoms with Gasteiger partial charge in [0, 0.05) is 29.4 Å². The molecule has 142 valence electrons. The number of aromatic nitrogens is 4. The topological polar surface area (TPSA) is 76.1 Å². The van der Waals surface area contributed by atoms with Gasteiger partial charge in [-0.3, -0.25) is 4.98 Å². The standard InChI is InChI=1S/C23H19N5O/c1-29-21-9-7-18-12-17(6-8-20(18)27-21)19-14-26-28-11-10-25-22(23(19)28)16-4-2-15(13-24)3-5-16/h4,6-12,14-15H,2-3,5H2,1H3. The number of hydrogen-bond donors (Lipinski definition) is 0. The van der Waals surface area contributed by atoms with Crippen molar-refractivity contribution in [3.8, 4) is 23.1 Å². The van der Waals surface area contributed by atoms with Crippen LogP contribution in [-0.4, -0.2) is 26.7 Å². The van der Waals surface area contributed by atoms with E-state index in [4.69, 9.17) is 4.74 Å². The van der Waals surface area contributed by atoms with Crippen molar-refractivity contribution in [1.82, 2.24) is 19.6 Å².